The van der Waals surface area contributed by atoms with Crippen molar-refractivity contribution in [2.75, 3.05) is 7.05 Å². The van der Waals surface area contributed by atoms with Gasteiger partial charge < -0.3 is 5.32 Å². The number of aromatic nitrogens is 3. The molecule has 5 nitrogen and oxygen atoms in total. The second-order valence-corrected chi connectivity index (χ2v) is 3.61. The van der Waals surface area contributed by atoms with E-state index in [4.69, 9.17) is 5.26 Å². The lowest BCUT2D eigenvalue weighted by Gasteiger charge is -2.00. The lowest BCUT2D eigenvalue weighted by molar-refractivity contribution is 0.638. The summed E-state index contributed by atoms with van der Waals surface area (Å²) in [6.07, 6.45) is 3.49. The summed E-state index contributed by atoms with van der Waals surface area (Å²) in [5.74, 6) is 0. The lowest BCUT2D eigenvalue weighted by atomic mass is 10.2. The third-order valence-corrected chi connectivity index (χ3v) is 2.40. The van der Waals surface area contributed by atoms with Crippen LogP contribution in [0.4, 0.5) is 0 Å². The normalized spacial score (nSPS) is 10.1. The smallest absolute Gasteiger partial charge is 0.128 e. The van der Waals surface area contributed by atoms with Crippen molar-refractivity contribution in [3.8, 4) is 17.3 Å². The topological polar surface area (TPSA) is 66.5 Å². The Bertz CT molecular complexity index is 524. The minimum absolute atomic E-state index is 0.261. The van der Waals surface area contributed by atoms with Crippen LogP contribution in [0.3, 0.4) is 0 Å². The van der Waals surface area contributed by atoms with E-state index in [0.717, 1.165) is 17.0 Å². The molecule has 0 amide bonds. The van der Waals surface area contributed by atoms with Crippen molar-refractivity contribution in [3.05, 3.63) is 36.3 Å². The van der Waals surface area contributed by atoms with Crippen LogP contribution in [0.1, 0.15) is 5.69 Å². The number of nitriles is 1. The van der Waals surface area contributed by atoms with E-state index < -0.39 is 0 Å². The summed E-state index contributed by atoms with van der Waals surface area (Å²) in [7, 11) is 1.87. The average Bonchev–Trinajstić information content (AvgIpc) is 2.75. The molecule has 2 aromatic heterocycles. The molecule has 0 unspecified atom stereocenters. The lowest BCUT2D eigenvalue weighted by Crippen LogP contribution is -2.11. The van der Waals surface area contributed by atoms with Gasteiger partial charge in [-0.15, -0.1) is 0 Å². The third-order valence-electron chi connectivity index (χ3n) is 2.40. The highest BCUT2D eigenvalue weighted by molar-refractivity contribution is 5.57. The van der Waals surface area contributed by atoms with Crippen molar-refractivity contribution in [1.82, 2.24) is 20.1 Å². The molecule has 17 heavy (non-hydrogen) atoms. The van der Waals surface area contributed by atoms with Crippen molar-refractivity contribution in [3.63, 3.8) is 0 Å². The van der Waals surface area contributed by atoms with Crippen LogP contribution < -0.4 is 5.32 Å². The Balaban J connectivity index is 2.37. The van der Waals surface area contributed by atoms with E-state index in [9.17, 15) is 0 Å². The SMILES string of the molecule is CNCc1cc(-c2cccnc2)nn1CC#N. The van der Waals surface area contributed by atoms with E-state index in [0.29, 0.717) is 6.54 Å². The fraction of sp³-hybridized carbons (Fsp3) is 0.250. The van der Waals surface area contributed by atoms with Crippen LogP contribution in [0.25, 0.3) is 11.3 Å². The molecule has 2 heterocycles. The van der Waals surface area contributed by atoms with Gasteiger partial charge in [0.2, 0.25) is 0 Å². The maximum atomic E-state index is 8.75. The predicted molar refractivity (Wildman–Crippen MR) is 63.8 cm³/mol. The van der Waals surface area contributed by atoms with E-state index in [1.54, 1.807) is 17.1 Å². The molecule has 86 valence electrons. The first-order chi connectivity index (χ1) is 8.35. The molecule has 2 rings (SSSR count). The van der Waals surface area contributed by atoms with Gasteiger partial charge in [0.25, 0.3) is 0 Å². The second kappa shape index (κ2) is 5.23. The maximum Gasteiger partial charge on any atom is 0.128 e. The van der Waals surface area contributed by atoms with Gasteiger partial charge in [-0.25, -0.2) is 0 Å². The van der Waals surface area contributed by atoms with E-state index in [1.807, 2.05) is 25.2 Å². The Morgan fingerprint density at radius 2 is 2.41 bits per heavy atom. The molecule has 2 aromatic rings. The Morgan fingerprint density at radius 1 is 1.53 bits per heavy atom. The van der Waals surface area contributed by atoms with Crippen LogP contribution in [0.15, 0.2) is 30.6 Å². The molecule has 0 radical (unpaired) electrons. The first-order valence-electron chi connectivity index (χ1n) is 5.34. The summed E-state index contributed by atoms with van der Waals surface area (Å²) in [4.78, 5) is 4.06. The van der Waals surface area contributed by atoms with Crippen LogP contribution in [0.5, 0.6) is 0 Å². The number of pyridine rings is 1. The number of hydrogen-bond acceptors (Lipinski definition) is 4. The largest absolute Gasteiger partial charge is 0.314 e. The van der Waals surface area contributed by atoms with E-state index in [1.165, 1.54) is 0 Å². The summed E-state index contributed by atoms with van der Waals surface area (Å²) < 4.78 is 1.71. The fourth-order valence-electron chi connectivity index (χ4n) is 1.64. The molecule has 0 atom stereocenters. The Morgan fingerprint density at radius 3 is 3.06 bits per heavy atom. The fourth-order valence-corrected chi connectivity index (χ4v) is 1.64. The zero-order valence-corrected chi connectivity index (χ0v) is 9.59. The van der Waals surface area contributed by atoms with Crippen LogP contribution >= 0.6 is 0 Å². The molecular formula is C12H13N5. The molecule has 0 bridgehead atoms. The zero-order chi connectivity index (χ0) is 12.1. The van der Waals surface area contributed by atoms with Gasteiger partial charge in [-0.1, -0.05) is 0 Å². The minimum Gasteiger partial charge on any atom is -0.314 e. The highest BCUT2D eigenvalue weighted by atomic mass is 15.3. The zero-order valence-electron chi connectivity index (χ0n) is 9.59. The molecule has 1 N–H and O–H groups in total. The third kappa shape index (κ3) is 2.49. The van der Waals surface area contributed by atoms with Gasteiger partial charge in [-0.05, 0) is 25.2 Å². The minimum atomic E-state index is 0.261. The first-order valence-corrected chi connectivity index (χ1v) is 5.34. The number of nitrogens with zero attached hydrogens (tertiary/aromatic N) is 4. The monoisotopic (exact) mass is 227 g/mol. The van der Waals surface area contributed by atoms with Crippen molar-refractivity contribution in [2.24, 2.45) is 0 Å². The number of nitrogens with one attached hydrogen (secondary N) is 1. The predicted octanol–water partition coefficient (Wildman–Crippen LogP) is 1.19. The Kier molecular flexibility index (Phi) is 3.48. The molecule has 0 saturated carbocycles. The van der Waals surface area contributed by atoms with Gasteiger partial charge in [0.15, 0.2) is 0 Å². The summed E-state index contributed by atoms with van der Waals surface area (Å²) >= 11 is 0. The second-order valence-electron chi connectivity index (χ2n) is 3.61. The van der Waals surface area contributed by atoms with E-state index >= 15 is 0 Å². The molecule has 0 saturated heterocycles. The highest BCUT2D eigenvalue weighted by Crippen LogP contribution is 2.17. The number of rotatable bonds is 4. The van der Waals surface area contributed by atoms with E-state index in [-0.39, 0.29) is 6.54 Å². The first kappa shape index (κ1) is 11.3. The van der Waals surface area contributed by atoms with Gasteiger partial charge in [-0.3, -0.25) is 9.67 Å². The van der Waals surface area contributed by atoms with Crippen LogP contribution in [0.2, 0.25) is 0 Å². The van der Waals surface area contributed by atoms with Gasteiger partial charge >= 0.3 is 0 Å². The Labute approximate surface area is 99.7 Å². The molecule has 0 aromatic carbocycles. The van der Waals surface area contributed by atoms with Gasteiger partial charge in [0.05, 0.1) is 17.5 Å². The van der Waals surface area contributed by atoms with Gasteiger partial charge in [0, 0.05) is 24.5 Å². The molecule has 0 spiro atoms. The van der Waals surface area contributed by atoms with Crippen LogP contribution in [0, 0.1) is 11.3 Å². The molecule has 0 aliphatic carbocycles. The molecule has 0 aliphatic rings. The quantitative estimate of drug-likeness (QED) is 0.852. The molecular weight excluding hydrogens is 214 g/mol. The highest BCUT2D eigenvalue weighted by Gasteiger charge is 2.08. The summed E-state index contributed by atoms with van der Waals surface area (Å²) in [6.45, 7) is 0.951. The van der Waals surface area contributed by atoms with Crippen LogP contribution in [-0.4, -0.2) is 21.8 Å². The van der Waals surface area contributed by atoms with Crippen molar-refractivity contribution in [1.29, 1.82) is 5.26 Å². The van der Waals surface area contributed by atoms with Crippen molar-refractivity contribution in [2.45, 2.75) is 13.1 Å². The van der Waals surface area contributed by atoms with Crippen molar-refractivity contribution < 1.29 is 0 Å². The van der Waals surface area contributed by atoms with Crippen molar-refractivity contribution >= 4 is 0 Å². The molecule has 0 aliphatic heterocycles. The average molecular weight is 227 g/mol. The van der Waals surface area contributed by atoms with E-state index in [2.05, 4.69) is 21.5 Å². The standard InChI is InChI=1S/C12H13N5/c1-14-9-11-7-12(16-17(11)6-4-13)10-3-2-5-15-8-10/h2-3,5,7-8,14H,6,9H2,1H3. The summed E-state index contributed by atoms with van der Waals surface area (Å²) in [5, 5.41) is 16.2. The van der Waals surface area contributed by atoms with Crippen LogP contribution in [-0.2, 0) is 13.1 Å². The molecule has 5 heteroatoms. The summed E-state index contributed by atoms with van der Waals surface area (Å²) in [6, 6.07) is 7.91. The maximum absolute atomic E-state index is 8.75. The van der Waals surface area contributed by atoms with Gasteiger partial charge in [-0.2, -0.15) is 10.4 Å². The summed E-state index contributed by atoms with van der Waals surface area (Å²) in [5.41, 5.74) is 2.80. The molecule has 0 fully saturated rings. The Hall–Kier alpha value is -2.19. The number of hydrogen-bond donors (Lipinski definition) is 1. The van der Waals surface area contributed by atoms with Gasteiger partial charge in [0.1, 0.15) is 6.54 Å².